The van der Waals surface area contributed by atoms with Crippen LogP contribution in [0.1, 0.15) is 32.0 Å². The van der Waals surface area contributed by atoms with E-state index in [2.05, 4.69) is 15.7 Å². The van der Waals surface area contributed by atoms with Crippen molar-refractivity contribution in [2.45, 2.75) is 13.8 Å². The molecule has 1 aromatic carbocycles. The van der Waals surface area contributed by atoms with Crippen molar-refractivity contribution in [3.8, 4) is 5.82 Å². The van der Waals surface area contributed by atoms with E-state index in [-0.39, 0.29) is 5.56 Å². The minimum atomic E-state index is -0.569. The lowest BCUT2D eigenvalue weighted by atomic mass is 10.1. The molecule has 0 aliphatic carbocycles. The van der Waals surface area contributed by atoms with Gasteiger partial charge in [0, 0.05) is 17.4 Å². The van der Waals surface area contributed by atoms with Gasteiger partial charge in [0.25, 0.3) is 11.8 Å². The number of hydrazine groups is 1. The number of nitrogens with zero attached hydrogens (tertiary/aromatic N) is 2. The highest BCUT2D eigenvalue weighted by atomic mass is 35.5. The topological polar surface area (TPSA) is 102 Å². The molecule has 0 atom stereocenters. The van der Waals surface area contributed by atoms with Gasteiger partial charge in [0.1, 0.15) is 5.69 Å². The van der Waals surface area contributed by atoms with E-state index in [0.29, 0.717) is 32.8 Å². The quantitative estimate of drug-likeness (QED) is 0.342. The fourth-order valence-electron chi connectivity index (χ4n) is 2.84. The Kier molecular flexibility index (Phi) is 5.69. The van der Waals surface area contributed by atoms with Crippen molar-refractivity contribution in [2.75, 3.05) is 5.32 Å². The summed E-state index contributed by atoms with van der Waals surface area (Å²) < 4.78 is 1.60. The molecule has 144 valence electrons. The lowest BCUT2D eigenvalue weighted by molar-refractivity contribution is 0.0954. The lowest BCUT2D eigenvalue weighted by Gasteiger charge is -2.15. The van der Waals surface area contributed by atoms with Crippen LogP contribution in [0.3, 0.4) is 0 Å². The van der Waals surface area contributed by atoms with Crippen molar-refractivity contribution in [2.24, 2.45) is 5.84 Å². The second kappa shape index (κ2) is 8.02. The van der Waals surface area contributed by atoms with E-state index >= 15 is 0 Å². The number of anilines is 1. The number of nitrogens with two attached hydrogens (primary N) is 1. The summed E-state index contributed by atoms with van der Waals surface area (Å²) >= 11 is 12.3. The van der Waals surface area contributed by atoms with Gasteiger partial charge in [-0.2, -0.15) is 0 Å². The predicted octanol–water partition coefficient (Wildman–Crippen LogP) is 3.65. The molecule has 2 heterocycles. The van der Waals surface area contributed by atoms with E-state index in [1.54, 1.807) is 48.1 Å². The fraction of sp³-hybridized carbons (Fsp3) is 0.105. The second-order valence-electron chi connectivity index (χ2n) is 6.15. The van der Waals surface area contributed by atoms with Crippen molar-refractivity contribution in [3.63, 3.8) is 0 Å². The Bertz CT molecular complexity index is 1080. The molecular formula is C19H17Cl2N5O2. The first-order valence-electron chi connectivity index (χ1n) is 8.24. The van der Waals surface area contributed by atoms with Gasteiger partial charge in [-0.3, -0.25) is 19.6 Å². The maximum atomic E-state index is 13.0. The summed E-state index contributed by atoms with van der Waals surface area (Å²) in [4.78, 5) is 29.4. The van der Waals surface area contributed by atoms with Gasteiger partial charge < -0.3 is 5.32 Å². The number of hydrogen-bond donors (Lipinski definition) is 3. The van der Waals surface area contributed by atoms with Crippen molar-refractivity contribution in [1.82, 2.24) is 15.0 Å². The fourth-order valence-corrected chi connectivity index (χ4v) is 3.33. The average molecular weight is 418 g/mol. The number of aryl methyl sites for hydroxylation is 2. The number of pyridine rings is 1. The molecule has 7 nitrogen and oxygen atoms in total. The van der Waals surface area contributed by atoms with E-state index in [4.69, 9.17) is 29.0 Å². The summed E-state index contributed by atoms with van der Waals surface area (Å²) in [7, 11) is 0. The molecule has 0 saturated carbocycles. The molecule has 0 radical (unpaired) electrons. The van der Waals surface area contributed by atoms with Crippen LogP contribution >= 0.6 is 23.2 Å². The average Bonchev–Trinajstić information content (AvgIpc) is 3.05. The molecule has 0 bridgehead atoms. The van der Waals surface area contributed by atoms with Gasteiger partial charge in [0.05, 0.1) is 16.3 Å². The molecule has 9 heteroatoms. The van der Waals surface area contributed by atoms with Crippen LogP contribution in [0.25, 0.3) is 5.82 Å². The molecule has 0 unspecified atom stereocenters. The third kappa shape index (κ3) is 3.87. The van der Waals surface area contributed by atoms with Gasteiger partial charge in [-0.1, -0.05) is 23.2 Å². The molecule has 3 aromatic rings. The molecule has 0 aliphatic rings. The number of hydrogen-bond acceptors (Lipinski definition) is 4. The van der Waals surface area contributed by atoms with E-state index in [0.717, 1.165) is 5.56 Å². The monoisotopic (exact) mass is 417 g/mol. The number of halogens is 2. The number of nitrogen functional groups attached to an aromatic ring is 1. The van der Waals surface area contributed by atoms with Crippen molar-refractivity contribution in [3.05, 3.63) is 75.2 Å². The van der Waals surface area contributed by atoms with Gasteiger partial charge in [-0.15, -0.1) is 0 Å². The van der Waals surface area contributed by atoms with Crippen molar-refractivity contribution in [1.29, 1.82) is 0 Å². The number of rotatable bonds is 4. The standard InChI is InChI=1S/C19H17Cl2N5O2/c1-10-6-15(26(9-10)17-14(21)4-3-5-23-17)19(28)24-16-11(2)7-12(20)8-13(16)18(27)25-22/h3-9H,22H2,1-2H3,(H,24,28)(H,25,27). The summed E-state index contributed by atoms with van der Waals surface area (Å²) in [6.07, 6.45) is 3.34. The van der Waals surface area contributed by atoms with Crippen LogP contribution in [0.2, 0.25) is 10.0 Å². The first-order valence-corrected chi connectivity index (χ1v) is 8.99. The third-order valence-electron chi connectivity index (χ3n) is 4.07. The molecule has 0 aliphatic heterocycles. The van der Waals surface area contributed by atoms with E-state index in [9.17, 15) is 9.59 Å². The van der Waals surface area contributed by atoms with Crippen LogP contribution < -0.4 is 16.6 Å². The lowest BCUT2D eigenvalue weighted by Crippen LogP contribution is -2.31. The zero-order valence-electron chi connectivity index (χ0n) is 15.1. The summed E-state index contributed by atoms with van der Waals surface area (Å²) in [6, 6.07) is 8.18. The highest BCUT2D eigenvalue weighted by Gasteiger charge is 2.21. The number of amides is 2. The summed E-state index contributed by atoms with van der Waals surface area (Å²) in [5, 5.41) is 3.53. The molecular weight excluding hydrogens is 401 g/mol. The SMILES string of the molecule is Cc1cc(C(=O)Nc2c(C)cc(Cl)cc2C(=O)NN)n(-c2ncccc2Cl)c1. The first-order chi connectivity index (χ1) is 13.3. The van der Waals surface area contributed by atoms with E-state index in [1.165, 1.54) is 6.07 Å². The zero-order valence-corrected chi connectivity index (χ0v) is 16.6. The zero-order chi connectivity index (χ0) is 20.4. The third-order valence-corrected chi connectivity index (χ3v) is 4.58. The maximum Gasteiger partial charge on any atom is 0.272 e. The van der Waals surface area contributed by atoms with Crippen molar-refractivity contribution >= 4 is 40.7 Å². The minimum absolute atomic E-state index is 0.159. The van der Waals surface area contributed by atoms with Crippen LogP contribution in [-0.2, 0) is 0 Å². The number of carbonyl (C=O) groups is 2. The van der Waals surface area contributed by atoms with Gasteiger partial charge in [-0.25, -0.2) is 10.8 Å². The van der Waals surface area contributed by atoms with Crippen molar-refractivity contribution < 1.29 is 9.59 Å². The van der Waals surface area contributed by atoms with Crippen LogP contribution in [0.4, 0.5) is 5.69 Å². The number of carbonyl (C=O) groups excluding carboxylic acids is 2. The van der Waals surface area contributed by atoms with Gasteiger partial charge in [-0.05, 0) is 55.3 Å². The van der Waals surface area contributed by atoms with Crippen LogP contribution in [0, 0.1) is 13.8 Å². The first kappa shape index (κ1) is 19.9. The minimum Gasteiger partial charge on any atom is -0.320 e. The highest BCUT2D eigenvalue weighted by Crippen LogP contribution is 2.27. The molecule has 28 heavy (non-hydrogen) atoms. The number of aromatic nitrogens is 2. The Morgan fingerprint density at radius 1 is 1.14 bits per heavy atom. The summed E-state index contributed by atoms with van der Waals surface area (Å²) in [5.74, 6) is 4.67. The van der Waals surface area contributed by atoms with Gasteiger partial charge in [0.2, 0.25) is 0 Å². The Balaban J connectivity index is 2.05. The Morgan fingerprint density at radius 3 is 2.57 bits per heavy atom. The molecule has 3 rings (SSSR count). The smallest absolute Gasteiger partial charge is 0.272 e. The molecule has 0 fully saturated rings. The Morgan fingerprint density at radius 2 is 1.89 bits per heavy atom. The molecule has 0 saturated heterocycles. The number of nitrogens with one attached hydrogen (secondary N) is 2. The normalized spacial score (nSPS) is 10.6. The Hall–Kier alpha value is -2.87. The molecule has 4 N–H and O–H groups in total. The Labute approximate surface area is 171 Å². The predicted molar refractivity (Wildman–Crippen MR) is 109 cm³/mol. The van der Waals surface area contributed by atoms with Gasteiger partial charge in [0.15, 0.2) is 5.82 Å². The van der Waals surface area contributed by atoms with E-state index < -0.39 is 11.8 Å². The van der Waals surface area contributed by atoms with E-state index in [1.807, 2.05) is 6.92 Å². The highest BCUT2D eigenvalue weighted by molar-refractivity contribution is 6.32. The van der Waals surface area contributed by atoms with Crippen LogP contribution in [0.5, 0.6) is 0 Å². The maximum absolute atomic E-state index is 13.0. The molecule has 2 amide bonds. The van der Waals surface area contributed by atoms with Crippen LogP contribution in [0.15, 0.2) is 42.7 Å². The largest absolute Gasteiger partial charge is 0.320 e. The van der Waals surface area contributed by atoms with Gasteiger partial charge >= 0.3 is 0 Å². The summed E-state index contributed by atoms with van der Waals surface area (Å²) in [5.41, 5.74) is 4.30. The molecule has 2 aromatic heterocycles. The second-order valence-corrected chi connectivity index (χ2v) is 7.00. The molecule has 0 spiro atoms. The number of benzene rings is 1. The van der Waals surface area contributed by atoms with Crippen LogP contribution in [-0.4, -0.2) is 21.4 Å². The summed E-state index contributed by atoms with van der Waals surface area (Å²) in [6.45, 7) is 3.58.